The number of hydrogen-bond donors (Lipinski definition) is 2. The number of nitrogens with one attached hydrogen (secondary N) is 1. The van der Waals surface area contributed by atoms with Gasteiger partial charge in [-0.05, 0) is 25.1 Å². The molecule has 2 N–H and O–H groups in total. The Morgan fingerprint density at radius 3 is 2.71 bits per heavy atom. The average Bonchev–Trinajstić information content (AvgIpc) is 3.02. The highest BCUT2D eigenvalue weighted by molar-refractivity contribution is 7.90. The highest BCUT2D eigenvalue weighted by Crippen LogP contribution is 2.30. The molecule has 2 aromatic rings. The Morgan fingerprint density at radius 1 is 1.33 bits per heavy atom. The number of benzene rings is 1. The van der Waals surface area contributed by atoms with Crippen molar-refractivity contribution in [3.05, 3.63) is 53.9 Å². The second kappa shape index (κ2) is 6.39. The summed E-state index contributed by atoms with van der Waals surface area (Å²) < 4.78 is 31.6. The molecule has 3 rings (SSSR count). The van der Waals surface area contributed by atoms with Crippen molar-refractivity contribution in [1.82, 2.24) is 9.29 Å². The third kappa shape index (κ3) is 2.72. The molecule has 0 radical (unpaired) electrons. The summed E-state index contributed by atoms with van der Waals surface area (Å²) >= 11 is 0. The van der Waals surface area contributed by atoms with Crippen LogP contribution < -0.4 is 5.32 Å². The second-order valence-electron chi connectivity index (χ2n) is 5.39. The summed E-state index contributed by atoms with van der Waals surface area (Å²) in [7, 11) is -3.76. The average molecular weight is 350 g/mol. The number of fused-ring (bicyclic) bond motifs is 1. The van der Waals surface area contributed by atoms with E-state index in [9.17, 15) is 18.3 Å². The lowest BCUT2D eigenvalue weighted by molar-refractivity contribution is -0.149. The highest BCUT2D eigenvalue weighted by Gasteiger charge is 2.37. The Labute approximate surface area is 139 Å². The molecule has 2 atom stereocenters. The summed E-state index contributed by atoms with van der Waals surface area (Å²) in [6.45, 7) is 2.02. The third-order valence-corrected chi connectivity index (χ3v) is 5.68. The fourth-order valence-corrected chi connectivity index (χ4v) is 4.19. The van der Waals surface area contributed by atoms with Crippen molar-refractivity contribution < 1.29 is 23.1 Å². The van der Waals surface area contributed by atoms with Crippen molar-refractivity contribution in [1.29, 1.82) is 0 Å². The Bertz CT molecular complexity index is 845. The molecule has 1 aromatic heterocycles. The molecule has 1 aromatic carbocycles. The maximum atomic E-state index is 12.8. The van der Waals surface area contributed by atoms with Gasteiger partial charge in [-0.2, -0.15) is 0 Å². The zero-order valence-corrected chi connectivity index (χ0v) is 13.9. The van der Waals surface area contributed by atoms with Gasteiger partial charge in [-0.15, -0.1) is 0 Å². The third-order valence-electron chi connectivity index (χ3n) is 3.95. The van der Waals surface area contributed by atoms with Crippen molar-refractivity contribution in [3.63, 3.8) is 0 Å². The standard InChI is InChI=1S/C16H18N2O5S/c1-2-23-16(20)14-15(19)12-8-9-18(13(12)10-17-14)24(21,22)11-6-4-3-5-7-11/h3-9,14-15,17,19H,2,10H2,1H3/t14-,15+/m0/s1. The molecular formula is C16H18N2O5S. The Hall–Kier alpha value is -2.16. The van der Waals surface area contributed by atoms with Crippen LogP contribution in [0.15, 0.2) is 47.5 Å². The molecule has 128 valence electrons. The highest BCUT2D eigenvalue weighted by atomic mass is 32.2. The van der Waals surface area contributed by atoms with Gasteiger partial charge >= 0.3 is 5.97 Å². The van der Waals surface area contributed by atoms with Crippen LogP contribution in [0.2, 0.25) is 0 Å². The lowest BCUT2D eigenvalue weighted by Crippen LogP contribution is -2.46. The second-order valence-corrected chi connectivity index (χ2v) is 7.20. The van der Waals surface area contributed by atoms with Crippen molar-refractivity contribution in [2.24, 2.45) is 0 Å². The first-order valence-corrected chi connectivity index (χ1v) is 8.99. The van der Waals surface area contributed by atoms with Crippen LogP contribution in [0, 0.1) is 0 Å². The van der Waals surface area contributed by atoms with Gasteiger partial charge < -0.3 is 9.84 Å². The molecule has 7 nitrogen and oxygen atoms in total. The van der Waals surface area contributed by atoms with E-state index in [0.29, 0.717) is 11.3 Å². The van der Waals surface area contributed by atoms with Gasteiger partial charge in [0.1, 0.15) is 12.1 Å². The largest absolute Gasteiger partial charge is 0.465 e. The SMILES string of the molecule is CCOC(=O)[C@H]1NCc2c(ccn2S(=O)(=O)c2ccccc2)[C@H]1O. The molecule has 24 heavy (non-hydrogen) atoms. The first-order chi connectivity index (χ1) is 11.5. The van der Waals surface area contributed by atoms with E-state index in [1.54, 1.807) is 25.1 Å². The van der Waals surface area contributed by atoms with E-state index < -0.39 is 28.1 Å². The molecule has 0 saturated heterocycles. The molecule has 0 amide bonds. The topological polar surface area (TPSA) is 97.6 Å². The molecule has 0 fully saturated rings. The molecule has 0 unspecified atom stereocenters. The molecule has 0 saturated carbocycles. The molecule has 0 aliphatic carbocycles. The zero-order valence-electron chi connectivity index (χ0n) is 13.0. The van der Waals surface area contributed by atoms with E-state index in [4.69, 9.17) is 4.74 Å². The van der Waals surface area contributed by atoms with Crippen molar-refractivity contribution in [3.8, 4) is 0 Å². The Kier molecular flexibility index (Phi) is 4.44. The van der Waals surface area contributed by atoms with Crippen molar-refractivity contribution in [2.45, 2.75) is 30.5 Å². The number of hydrogen-bond acceptors (Lipinski definition) is 6. The monoisotopic (exact) mass is 350 g/mol. The quantitative estimate of drug-likeness (QED) is 0.792. The Morgan fingerprint density at radius 2 is 2.04 bits per heavy atom. The number of carbonyl (C=O) groups is 1. The van der Waals surface area contributed by atoms with Crippen LogP contribution in [-0.2, 0) is 26.1 Å². The number of rotatable bonds is 4. The van der Waals surface area contributed by atoms with Gasteiger partial charge in [-0.25, -0.2) is 12.4 Å². The van der Waals surface area contributed by atoms with Crippen LogP contribution in [0.25, 0.3) is 0 Å². The number of esters is 1. The van der Waals surface area contributed by atoms with Gasteiger partial charge in [0.25, 0.3) is 10.0 Å². The minimum Gasteiger partial charge on any atom is -0.465 e. The van der Waals surface area contributed by atoms with Gasteiger partial charge in [-0.3, -0.25) is 10.1 Å². The fourth-order valence-electron chi connectivity index (χ4n) is 2.78. The number of carbonyl (C=O) groups excluding carboxylic acids is 1. The number of ether oxygens (including phenoxy) is 1. The Balaban J connectivity index is 1.97. The van der Waals surface area contributed by atoms with Crippen LogP contribution in [-0.4, -0.2) is 36.1 Å². The van der Waals surface area contributed by atoms with Crippen LogP contribution in [0.1, 0.15) is 24.3 Å². The maximum absolute atomic E-state index is 12.8. The van der Waals surface area contributed by atoms with E-state index in [0.717, 1.165) is 3.97 Å². The van der Waals surface area contributed by atoms with E-state index in [-0.39, 0.29) is 18.0 Å². The van der Waals surface area contributed by atoms with Gasteiger partial charge in [0, 0.05) is 18.3 Å². The predicted molar refractivity (Wildman–Crippen MR) is 85.7 cm³/mol. The smallest absolute Gasteiger partial charge is 0.326 e. The fraction of sp³-hybridized carbons (Fsp3) is 0.312. The zero-order chi connectivity index (χ0) is 17.3. The maximum Gasteiger partial charge on any atom is 0.326 e. The molecular weight excluding hydrogens is 332 g/mol. The summed E-state index contributed by atoms with van der Waals surface area (Å²) in [5.41, 5.74) is 0.818. The van der Waals surface area contributed by atoms with Gasteiger partial charge in [0.2, 0.25) is 0 Å². The number of aliphatic hydroxyl groups is 1. The molecule has 0 spiro atoms. The van der Waals surface area contributed by atoms with Gasteiger partial charge in [-0.1, -0.05) is 18.2 Å². The molecule has 1 aliphatic rings. The van der Waals surface area contributed by atoms with E-state index in [2.05, 4.69) is 5.32 Å². The summed E-state index contributed by atoms with van der Waals surface area (Å²) in [5.74, 6) is -0.561. The van der Waals surface area contributed by atoms with Crippen molar-refractivity contribution >= 4 is 16.0 Å². The van der Waals surface area contributed by atoms with Crippen LogP contribution >= 0.6 is 0 Å². The van der Waals surface area contributed by atoms with E-state index >= 15 is 0 Å². The van der Waals surface area contributed by atoms with E-state index in [1.807, 2.05) is 0 Å². The van der Waals surface area contributed by atoms with Crippen molar-refractivity contribution in [2.75, 3.05) is 6.61 Å². The van der Waals surface area contributed by atoms with Crippen LogP contribution in [0.4, 0.5) is 0 Å². The number of nitrogens with zero attached hydrogens (tertiary/aromatic N) is 1. The minimum atomic E-state index is -3.76. The summed E-state index contributed by atoms with van der Waals surface area (Å²) in [6, 6.07) is 8.66. The predicted octanol–water partition coefficient (Wildman–Crippen LogP) is 0.793. The molecule has 1 aliphatic heterocycles. The lowest BCUT2D eigenvalue weighted by atomic mass is 9.98. The molecule has 2 heterocycles. The van der Waals surface area contributed by atoms with Gasteiger partial charge in [0.15, 0.2) is 0 Å². The lowest BCUT2D eigenvalue weighted by Gasteiger charge is -2.28. The number of aromatic nitrogens is 1. The summed E-state index contributed by atoms with van der Waals surface area (Å²) in [5, 5.41) is 13.2. The first-order valence-electron chi connectivity index (χ1n) is 7.55. The molecule has 0 bridgehead atoms. The summed E-state index contributed by atoms with van der Waals surface area (Å²) in [6.07, 6.45) is 0.228. The normalized spacial score (nSPS) is 20.4. The number of aliphatic hydroxyl groups excluding tert-OH is 1. The summed E-state index contributed by atoms with van der Waals surface area (Å²) in [4.78, 5) is 12.0. The van der Waals surface area contributed by atoms with E-state index in [1.165, 1.54) is 24.4 Å². The van der Waals surface area contributed by atoms with Crippen LogP contribution in [0.5, 0.6) is 0 Å². The molecule has 8 heteroatoms. The minimum absolute atomic E-state index is 0.134. The first kappa shape index (κ1) is 16.7. The van der Waals surface area contributed by atoms with Gasteiger partial charge in [0.05, 0.1) is 17.2 Å². The van der Waals surface area contributed by atoms with Crippen LogP contribution in [0.3, 0.4) is 0 Å².